The number of aryl methyl sites for hydroxylation is 1. The molecule has 0 amide bonds. The summed E-state index contributed by atoms with van der Waals surface area (Å²) in [5.74, 6) is 1.27. The summed E-state index contributed by atoms with van der Waals surface area (Å²) in [4.78, 5) is 11.0. The van der Waals surface area contributed by atoms with Gasteiger partial charge in [0.2, 0.25) is 5.95 Å². The highest BCUT2D eigenvalue weighted by Gasteiger charge is 2.12. The Labute approximate surface area is 136 Å². The molecule has 3 rings (SSSR count). The number of benzene rings is 1. The van der Waals surface area contributed by atoms with Crippen LogP contribution < -0.4 is 10.6 Å². The number of thiophene rings is 1. The van der Waals surface area contributed by atoms with E-state index in [-0.39, 0.29) is 0 Å². The van der Waals surface area contributed by atoms with Crippen molar-refractivity contribution in [1.29, 1.82) is 0 Å². The number of hydrogen-bond donors (Lipinski definition) is 2. The minimum absolute atomic E-state index is 0.476. The lowest BCUT2D eigenvalue weighted by Gasteiger charge is -2.10. The summed E-state index contributed by atoms with van der Waals surface area (Å²) in [6, 6.07) is 7.51. The van der Waals surface area contributed by atoms with Crippen LogP contribution in [0.3, 0.4) is 0 Å². The molecule has 3 aromatic rings. The lowest BCUT2D eigenvalue weighted by atomic mass is 10.3. The van der Waals surface area contributed by atoms with Gasteiger partial charge in [-0.15, -0.1) is 11.3 Å². The lowest BCUT2D eigenvalue weighted by molar-refractivity contribution is 1.20. The van der Waals surface area contributed by atoms with Gasteiger partial charge in [0.05, 0.1) is 21.1 Å². The molecule has 4 nitrogen and oxygen atoms in total. The zero-order valence-electron chi connectivity index (χ0n) is 11.4. The maximum absolute atomic E-state index is 6.22. The van der Waals surface area contributed by atoms with Crippen molar-refractivity contribution in [1.82, 2.24) is 9.97 Å². The standard InChI is InChI=1S/C14H12Cl2N4S/c1-7-6-8-12(19-14(17-2)20-13(8)21-7)18-10-5-3-4-9(15)11(10)16/h3-6H,1-2H3,(H2,17,18,19,20). The van der Waals surface area contributed by atoms with Crippen LogP contribution in [0.4, 0.5) is 17.5 Å². The molecule has 0 aliphatic heterocycles. The zero-order valence-corrected chi connectivity index (χ0v) is 13.7. The highest BCUT2D eigenvalue weighted by atomic mass is 35.5. The molecule has 0 saturated heterocycles. The third-order valence-electron chi connectivity index (χ3n) is 2.94. The third-order valence-corrected chi connectivity index (χ3v) is 4.71. The lowest BCUT2D eigenvalue weighted by Crippen LogP contribution is -2.01. The maximum Gasteiger partial charge on any atom is 0.225 e. The molecule has 0 unspecified atom stereocenters. The summed E-state index contributed by atoms with van der Waals surface area (Å²) in [5, 5.41) is 8.15. The van der Waals surface area contributed by atoms with Crippen LogP contribution >= 0.6 is 34.5 Å². The van der Waals surface area contributed by atoms with Crippen molar-refractivity contribution in [3.05, 3.63) is 39.2 Å². The van der Waals surface area contributed by atoms with Gasteiger partial charge >= 0.3 is 0 Å². The topological polar surface area (TPSA) is 49.8 Å². The minimum Gasteiger partial charge on any atom is -0.357 e. The quantitative estimate of drug-likeness (QED) is 0.698. The Balaban J connectivity index is 2.12. The molecule has 0 bridgehead atoms. The van der Waals surface area contributed by atoms with Crippen LogP contribution in [-0.4, -0.2) is 17.0 Å². The number of fused-ring (bicyclic) bond motifs is 1. The first-order valence-corrected chi connectivity index (χ1v) is 7.82. The van der Waals surface area contributed by atoms with Gasteiger partial charge in [-0.3, -0.25) is 0 Å². The molecule has 0 saturated carbocycles. The van der Waals surface area contributed by atoms with Crippen LogP contribution in [0.1, 0.15) is 4.88 Å². The molecule has 21 heavy (non-hydrogen) atoms. The molecule has 1 aromatic carbocycles. The Bertz CT molecular complexity index is 816. The average molecular weight is 339 g/mol. The van der Waals surface area contributed by atoms with Gasteiger partial charge in [-0.2, -0.15) is 4.98 Å². The summed E-state index contributed by atoms with van der Waals surface area (Å²) in [7, 11) is 1.79. The van der Waals surface area contributed by atoms with Gasteiger partial charge in [0.15, 0.2) is 0 Å². The Hall–Kier alpha value is -1.56. The van der Waals surface area contributed by atoms with Gasteiger partial charge in [-0.05, 0) is 25.1 Å². The SMILES string of the molecule is CNc1nc(Nc2cccc(Cl)c2Cl)c2cc(C)sc2n1. The Morgan fingerprint density at radius 3 is 2.76 bits per heavy atom. The second kappa shape index (κ2) is 5.67. The van der Waals surface area contributed by atoms with E-state index in [0.717, 1.165) is 15.9 Å². The van der Waals surface area contributed by atoms with E-state index in [1.54, 1.807) is 24.5 Å². The zero-order chi connectivity index (χ0) is 15.0. The maximum atomic E-state index is 6.22. The predicted molar refractivity (Wildman–Crippen MR) is 91.4 cm³/mol. The van der Waals surface area contributed by atoms with E-state index in [9.17, 15) is 0 Å². The van der Waals surface area contributed by atoms with E-state index in [0.29, 0.717) is 21.8 Å². The first-order valence-electron chi connectivity index (χ1n) is 6.25. The summed E-state index contributed by atoms with van der Waals surface area (Å²) in [6.45, 7) is 2.04. The molecule has 0 spiro atoms. The number of rotatable bonds is 3. The molecule has 2 aromatic heterocycles. The van der Waals surface area contributed by atoms with Gasteiger partial charge < -0.3 is 10.6 Å². The number of anilines is 3. The second-order valence-corrected chi connectivity index (χ2v) is 6.47. The fourth-order valence-electron chi connectivity index (χ4n) is 1.98. The van der Waals surface area contributed by atoms with E-state index in [2.05, 4.69) is 26.7 Å². The predicted octanol–water partition coefficient (Wildman–Crippen LogP) is 5.09. The van der Waals surface area contributed by atoms with E-state index in [1.165, 1.54) is 4.88 Å². The largest absolute Gasteiger partial charge is 0.357 e. The van der Waals surface area contributed by atoms with Crippen LogP contribution in [0.2, 0.25) is 10.0 Å². The normalized spacial score (nSPS) is 10.9. The highest BCUT2D eigenvalue weighted by Crippen LogP contribution is 2.35. The fraction of sp³-hybridized carbons (Fsp3) is 0.143. The third kappa shape index (κ3) is 2.77. The van der Waals surface area contributed by atoms with Crippen LogP contribution in [0.5, 0.6) is 0 Å². The first kappa shape index (κ1) is 14.4. The van der Waals surface area contributed by atoms with Crippen molar-refractivity contribution in [2.24, 2.45) is 0 Å². The van der Waals surface area contributed by atoms with Gasteiger partial charge in [0.25, 0.3) is 0 Å². The summed E-state index contributed by atoms with van der Waals surface area (Å²) in [6.07, 6.45) is 0. The molecule has 108 valence electrons. The Morgan fingerprint density at radius 1 is 1.19 bits per heavy atom. The van der Waals surface area contributed by atoms with Crippen LogP contribution in [-0.2, 0) is 0 Å². The highest BCUT2D eigenvalue weighted by molar-refractivity contribution is 7.18. The van der Waals surface area contributed by atoms with Crippen molar-refractivity contribution in [3.63, 3.8) is 0 Å². The van der Waals surface area contributed by atoms with Gasteiger partial charge in [-0.25, -0.2) is 4.98 Å². The van der Waals surface area contributed by atoms with Crippen molar-refractivity contribution in [3.8, 4) is 0 Å². The average Bonchev–Trinajstić information content (AvgIpc) is 2.84. The molecular formula is C14H12Cl2N4S. The molecule has 0 atom stereocenters. The molecule has 0 aliphatic rings. The molecule has 0 radical (unpaired) electrons. The molecule has 2 N–H and O–H groups in total. The number of aromatic nitrogens is 2. The van der Waals surface area contributed by atoms with Gasteiger partial charge in [0.1, 0.15) is 10.6 Å². The van der Waals surface area contributed by atoms with Gasteiger partial charge in [-0.1, -0.05) is 29.3 Å². The molecule has 7 heteroatoms. The summed E-state index contributed by atoms with van der Waals surface area (Å²) >= 11 is 13.9. The molecular weight excluding hydrogens is 327 g/mol. The molecule has 2 heterocycles. The smallest absolute Gasteiger partial charge is 0.225 e. The Morgan fingerprint density at radius 2 is 2.00 bits per heavy atom. The molecule has 0 aliphatic carbocycles. The van der Waals surface area contributed by atoms with Crippen molar-refractivity contribution in [2.75, 3.05) is 17.7 Å². The van der Waals surface area contributed by atoms with Crippen LogP contribution in [0, 0.1) is 6.92 Å². The second-order valence-electron chi connectivity index (χ2n) is 4.45. The van der Waals surface area contributed by atoms with E-state index >= 15 is 0 Å². The van der Waals surface area contributed by atoms with E-state index < -0.39 is 0 Å². The van der Waals surface area contributed by atoms with Crippen LogP contribution in [0.15, 0.2) is 24.3 Å². The van der Waals surface area contributed by atoms with Crippen molar-refractivity contribution < 1.29 is 0 Å². The first-order chi connectivity index (χ1) is 10.1. The monoisotopic (exact) mass is 338 g/mol. The van der Waals surface area contributed by atoms with Crippen LogP contribution in [0.25, 0.3) is 10.2 Å². The summed E-state index contributed by atoms with van der Waals surface area (Å²) in [5.41, 5.74) is 0.718. The van der Waals surface area contributed by atoms with E-state index in [4.69, 9.17) is 23.2 Å². The Kier molecular flexibility index (Phi) is 3.89. The fourth-order valence-corrected chi connectivity index (χ4v) is 3.20. The van der Waals surface area contributed by atoms with Crippen molar-refractivity contribution >= 4 is 62.2 Å². The number of hydrogen-bond acceptors (Lipinski definition) is 5. The number of halogens is 2. The van der Waals surface area contributed by atoms with Gasteiger partial charge in [0, 0.05) is 11.9 Å². The van der Waals surface area contributed by atoms with Crippen molar-refractivity contribution in [2.45, 2.75) is 6.92 Å². The number of nitrogens with zero attached hydrogens (tertiary/aromatic N) is 2. The van der Waals surface area contributed by atoms with E-state index in [1.807, 2.05) is 19.1 Å². The summed E-state index contributed by atoms with van der Waals surface area (Å²) < 4.78 is 0. The number of nitrogens with one attached hydrogen (secondary N) is 2. The minimum atomic E-state index is 0.476. The molecule has 0 fully saturated rings.